The Hall–Kier alpha value is -2.93. The highest BCUT2D eigenvalue weighted by atomic mass is 16.5. The Labute approximate surface area is 170 Å². The van der Waals surface area contributed by atoms with Gasteiger partial charge in [0, 0.05) is 31.0 Å². The average Bonchev–Trinajstić information content (AvgIpc) is 3.30. The SMILES string of the molecule is Cn1nc(OCCN2CCCCC2)c2ccc(NC3=NCc4ncccc43)cc21. The van der Waals surface area contributed by atoms with Crippen LogP contribution < -0.4 is 10.1 Å². The van der Waals surface area contributed by atoms with E-state index in [1.165, 1.54) is 32.4 Å². The Kier molecular flexibility index (Phi) is 4.89. The Bertz CT molecular complexity index is 1050. The number of anilines is 1. The van der Waals surface area contributed by atoms with Gasteiger partial charge in [-0.25, -0.2) is 0 Å². The summed E-state index contributed by atoms with van der Waals surface area (Å²) in [6.45, 7) is 4.63. The molecule has 5 rings (SSSR count). The maximum atomic E-state index is 6.04. The van der Waals surface area contributed by atoms with Crippen molar-refractivity contribution in [2.75, 3.05) is 31.6 Å². The molecule has 2 aromatic heterocycles. The first-order valence-corrected chi connectivity index (χ1v) is 10.4. The molecule has 0 amide bonds. The summed E-state index contributed by atoms with van der Waals surface area (Å²) in [5, 5.41) is 9.06. The number of ether oxygens (including phenoxy) is 1. The highest BCUT2D eigenvalue weighted by Gasteiger charge is 2.17. The summed E-state index contributed by atoms with van der Waals surface area (Å²) in [5.74, 6) is 1.58. The molecule has 7 nitrogen and oxygen atoms in total. The quantitative estimate of drug-likeness (QED) is 0.725. The van der Waals surface area contributed by atoms with Crippen LogP contribution in [0.3, 0.4) is 0 Å². The number of aromatic nitrogens is 3. The molecule has 29 heavy (non-hydrogen) atoms. The second-order valence-electron chi connectivity index (χ2n) is 7.70. The number of rotatable bonds is 5. The maximum absolute atomic E-state index is 6.04. The van der Waals surface area contributed by atoms with Crippen LogP contribution in [0.1, 0.15) is 30.5 Å². The van der Waals surface area contributed by atoms with Crippen LogP contribution in [-0.4, -0.2) is 51.7 Å². The minimum absolute atomic E-state index is 0.626. The third-order valence-corrected chi connectivity index (χ3v) is 5.71. The second kappa shape index (κ2) is 7.83. The van der Waals surface area contributed by atoms with Crippen molar-refractivity contribution in [3.05, 3.63) is 47.8 Å². The number of likely N-dealkylation sites (tertiary alicyclic amines) is 1. The normalized spacial score (nSPS) is 16.7. The molecule has 4 heterocycles. The first kappa shape index (κ1) is 18.1. The van der Waals surface area contributed by atoms with Gasteiger partial charge in [0.25, 0.3) is 0 Å². The highest BCUT2D eigenvalue weighted by molar-refractivity contribution is 6.10. The smallest absolute Gasteiger partial charge is 0.240 e. The molecule has 3 aromatic rings. The van der Waals surface area contributed by atoms with Crippen LogP contribution in [0.15, 0.2) is 41.5 Å². The van der Waals surface area contributed by atoms with Crippen LogP contribution in [0.5, 0.6) is 5.88 Å². The Morgan fingerprint density at radius 2 is 2.03 bits per heavy atom. The predicted octanol–water partition coefficient (Wildman–Crippen LogP) is 3.21. The van der Waals surface area contributed by atoms with Gasteiger partial charge in [0.05, 0.1) is 23.1 Å². The van der Waals surface area contributed by atoms with Crippen molar-refractivity contribution < 1.29 is 4.74 Å². The molecule has 0 saturated carbocycles. The van der Waals surface area contributed by atoms with Gasteiger partial charge in [-0.1, -0.05) is 6.42 Å². The third kappa shape index (κ3) is 3.70. The van der Waals surface area contributed by atoms with E-state index in [1.807, 2.05) is 24.0 Å². The highest BCUT2D eigenvalue weighted by Crippen LogP contribution is 2.28. The van der Waals surface area contributed by atoms with Crippen molar-refractivity contribution >= 4 is 22.4 Å². The molecule has 7 heteroatoms. The van der Waals surface area contributed by atoms with Gasteiger partial charge in [0.1, 0.15) is 12.4 Å². The van der Waals surface area contributed by atoms with Crippen molar-refractivity contribution in [2.24, 2.45) is 12.0 Å². The van der Waals surface area contributed by atoms with Crippen LogP contribution in [0, 0.1) is 0 Å². The molecular weight excluding hydrogens is 364 g/mol. The van der Waals surface area contributed by atoms with Gasteiger partial charge in [0.2, 0.25) is 5.88 Å². The van der Waals surface area contributed by atoms with E-state index in [2.05, 4.69) is 49.6 Å². The lowest BCUT2D eigenvalue weighted by Crippen LogP contribution is -2.33. The third-order valence-electron chi connectivity index (χ3n) is 5.71. The van der Waals surface area contributed by atoms with Crippen molar-refractivity contribution in [2.45, 2.75) is 25.8 Å². The topological polar surface area (TPSA) is 67.6 Å². The Morgan fingerprint density at radius 1 is 1.14 bits per heavy atom. The van der Waals surface area contributed by atoms with E-state index in [4.69, 9.17) is 4.74 Å². The lowest BCUT2D eigenvalue weighted by molar-refractivity contribution is 0.181. The summed E-state index contributed by atoms with van der Waals surface area (Å²) in [6.07, 6.45) is 5.77. The van der Waals surface area contributed by atoms with E-state index >= 15 is 0 Å². The number of benzene rings is 1. The molecule has 1 fully saturated rings. The van der Waals surface area contributed by atoms with E-state index in [-0.39, 0.29) is 0 Å². The summed E-state index contributed by atoms with van der Waals surface area (Å²) in [7, 11) is 1.95. The monoisotopic (exact) mass is 390 g/mol. The van der Waals surface area contributed by atoms with Crippen LogP contribution in [-0.2, 0) is 13.6 Å². The maximum Gasteiger partial charge on any atom is 0.240 e. The predicted molar refractivity (Wildman–Crippen MR) is 115 cm³/mol. The number of hydrogen-bond donors (Lipinski definition) is 1. The number of pyridine rings is 1. The van der Waals surface area contributed by atoms with Gasteiger partial charge in [-0.3, -0.25) is 19.6 Å². The van der Waals surface area contributed by atoms with Gasteiger partial charge < -0.3 is 10.1 Å². The molecule has 0 bridgehead atoms. The number of piperidine rings is 1. The van der Waals surface area contributed by atoms with E-state index < -0.39 is 0 Å². The van der Waals surface area contributed by atoms with E-state index in [1.54, 1.807) is 0 Å². The number of nitrogens with one attached hydrogen (secondary N) is 1. The molecule has 0 atom stereocenters. The Balaban J connectivity index is 1.29. The molecule has 1 N–H and O–H groups in total. The lowest BCUT2D eigenvalue weighted by atomic mass is 10.1. The fourth-order valence-electron chi connectivity index (χ4n) is 4.13. The van der Waals surface area contributed by atoms with Crippen molar-refractivity contribution in [3.63, 3.8) is 0 Å². The lowest BCUT2D eigenvalue weighted by Gasteiger charge is -2.25. The Morgan fingerprint density at radius 3 is 2.93 bits per heavy atom. The number of aliphatic imine (C=N–C) groups is 1. The molecule has 0 radical (unpaired) electrons. The minimum Gasteiger partial charge on any atom is -0.475 e. The molecule has 0 spiro atoms. The first-order valence-electron chi connectivity index (χ1n) is 10.4. The first-order chi connectivity index (χ1) is 14.3. The zero-order chi connectivity index (χ0) is 19.6. The summed E-state index contributed by atoms with van der Waals surface area (Å²) in [6, 6.07) is 10.2. The van der Waals surface area contributed by atoms with Crippen molar-refractivity contribution in [3.8, 4) is 5.88 Å². The van der Waals surface area contributed by atoms with Gasteiger partial charge in [0.15, 0.2) is 0 Å². The summed E-state index contributed by atoms with van der Waals surface area (Å²) < 4.78 is 7.91. The van der Waals surface area contributed by atoms with Crippen molar-refractivity contribution in [1.29, 1.82) is 0 Å². The molecule has 0 aliphatic carbocycles. The average molecular weight is 390 g/mol. The van der Waals surface area contributed by atoms with Crippen molar-refractivity contribution in [1.82, 2.24) is 19.7 Å². The molecule has 0 unspecified atom stereocenters. The molecular formula is C22H26N6O. The van der Waals surface area contributed by atoms with Gasteiger partial charge in [-0.2, -0.15) is 0 Å². The van der Waals surface area contributed by atoms with Gasteiger partial charge >= 0.3 is 0 Å². The summed E-state index contributed by atoms with van der Waals surface area (Å²) in [5.41, 5.74) is 4.10. The largest absolute Gasteiger partial charge is 0.475 e. The molecule has 1 saturated heterocycles. The minimum atomic E-state index is 0.626. The van der Waals surface area contributed by atoms with E-state index in [0.29, 0.717) is 19.0 Å². The van der Waals surface area contributed by atoms with Crippen LogP contribution >= 0.6 is 0 Å². The number of fused-ring (bicyclic) bond motifs is 2. The molecule has 2 aliphatic rings. The fraction of sp³-hybridized carbons (Fsp3) is 0.409. The van der Waals surface area contributed by atoms with E-state index in [0.717, 1.165) is 40.2 Å². The zero-order valence-corrected chi connectivity index (χ0v) is 16.8. The van der Waals surface area contributed by atoms with Gasteiger partial charge in [-0.05, 0) is 56.3 Å². The summed E-state index contributed by atoms with van der Waals surface area (Å²) in [4.78, 5) is 11.5. The number of aryl methyl sites for hydroxylation is 1. The zero-order valence-electron chi connectivity index (χ0n) is 16.8. The van der Waals surface area contributed by atoms with E-state index in [9.17, 15) is 0 Å². The number of amidine groups is 1. The standard InChI is InChI=1S/C22H26N6O/c1-27-20-14-16(25-21-17-6-5-9-23-19(17)15-24-21)7-8-18(20)22(26-27)29-13-12-28-10-3-2-4-11-28/h5-9,14H,2-4,10-13,15H2,1H3,(H,24,25). The summed E-state index contributed by atoms with van der Waals surface area (Å²) >= 11 is 0. The fourth-order valence-corrected chi connectivity index (χ4v) is 4.13. The molecule has 2 aliphatic heterocycles. The number of hydrogen-bond acceptors (Lipinski definition) is 6. The van der Waals surface area contributed by atoms with Crippen LogP contribution in [0.2, 0.25) is 0 Å². The van der Waals surface area contributed by atoms with Gasteiger partial charge in [-0.15, -0.1) is 5.10 Å². The van der Waals surface area contributed by atoms with Crippen LogP contribution in [0.4, 0.5) is 5.69 Å². The number of nitrogens with zero attached hydrogens (tertiary/aromatic N) is 5. The second-order valence-corrected chi connectivity index (χ2v) is 7.70. The molecule has 150 valence electrons. The van der Waals surface area contributed by atoms with Crippen LogP contribution in [0.25, 0.3) is 10.9 Å². The molecule has 1 aromatic carbocycles.